The fraction of sp³-hybridized carbons (Fsp3) is 0.564. The van der Waals surface area contributed by atoms with Crippen LogP contribution in [0.15, 0.2) is 66.7 Å². The average Bonchev–Trinajstić information content (AvgIpc) is 0.830. The fourth-order valence-electron chi connectivity index (χ4n) is 13.5. The first-order valence-electron chi connectivity index (χ1n) is 39.3. The molecule has 10 amide bonds. The lowest BCUT2D eigenvalue weighted by atomic mass is 9.81. The molecule has 3 aromatic carbocycles. The predicted octanol–water partition coefficient (Wildman–Crippen LogP) is -1.40. The minimum atomic E-state index is -2.08. The highest BCUT2D eigenvalue weighted by molar-refractivity contribution is 5.95. The lowest BCUT2D eigenvalue weighted by Crippen LogP contribution is -2.52. The van der Waals surface area contributed by atoms with Crippen LogP contribution in [0, 0.1) is 18.8 Å². The molecule has 5 rings (SSSR count). The zero-order valence-corrected chi connectivity index (χ0v) is 66.3. The molecule has 0 aromatic heterocycles. The van der Waals surface area contributed by atoms with Crippen molar-refractivity contribution in [3.05, 3.63) is 83.4 Å². The van der Waals surface area contributed by atoms with Crippen molar-refractivity contribution < 1.29 is 132 Å². The van der Waals surface area contributed by atoms with Crippen molar-refractivity contribution in [2.45, 2.75) is 171 Å². The number of aryl methyl sites for hydroxylation is 2. The van der Waals surface area contributed by atoms with Gasteiger partial charge in [0.05, 0.1) is 45.4 Å². The number of carboxylic acid groups (broad SMARTS) is 9. The second-order valence-corrected chi connectivity index (χ2v) is 29.6. The summed E-state index contributed by atoms with van der Waals surface area (Å²) in [6, 6.07) is 7.82. The first kappa shape index (κ1) is 97.6. The molecule has 2 aliphatic rings. The van der Waals surface area contributed by atoms with Crippen LogP contribution in [-0.2, 0) is 94.3 Å². The van der Waals surface area contributed by atoms with Crippen molar-refractivity contribution in [2.75, 3.05) is 98.2 Å². The number of carbonyl (C=O) groups is 18. The van der Waals surface area contributed by atoms with Gasteiger partial charge >= 0.3 is 59.8 Å². The molecule has 41 heteroatoms. The van der Waals surface area contributed by atoms with Crippen LogP contribution in [-0.4, -0.2) is 313 Å². The Bertz CT molecular complexity index is 3980. The van der Waals surface area contributed by atoms with Crippen LogP contribution in [0.2, 0.25) is 0 Å². The van der Waals surface area contributed by atoms with Crippen LogP contribution in [0.5, 0.6) is 0 Å². The molecule has 1 heterocycles. The Morgan fingerprint density at radius 1 is 0.370 bits per heavy atom. The molecule has 0 spiro atoms. The third-order valence-corrected chi connectivity index (χ3v) is 20.1. The number of fused-ring (bicyclic) bond motifs is 1. The van der Waals surface area contributed by atoms with Crippen molar-refractivity contribution in [1.82, 2.24) is 72.8 Å². The number of urea groups is 1. The van der Waals surface area contributed by atoms with Gasteiger partial charge in [-0.25, -0.2) is 28.8 Å². The van der Waals surface area contributed by atoms with Gasteiger partial charge in [-0.1, -0.05) is 72.3 Å². The van der Waals surface area contributed by atoms with Crippen LogP contribution < -0.4 is 53.2 Å². The number of carboxylic acids is 9. The number of carbonyl (C=O) groups excluding carboxylic acids is 9. The van der Waals surface area contributed by atoms with Gasteiger partial charge < -0.3 is 99.1 Å². The molecule has 0 radical (unpaired) electrons. The van der Waals surface area contributed by atoms with Crippen molar-refractivity contribution in [1.29, 1.82) is 0 Å². The summed E-state index contributed by atoms with van der Waals surface area (Å²) in [4.78, 5) is 235. The summed E-state index contributed by atoms with van der Waals surface area (Å²) in [5, 5.41) is 113. The third kappa shape index (κ3) is 38.8. The van der Waals surface area contributed by atoms with Crippen molar-refractivity contribution in [3.63, 3.8) is 0 Å². The number of aliphatic carboxylic acids is 9. The first-order valence-corrected chi connectivity index (χ1v) is 39.3. The average molecular weight is 1680 g/mol. The Morgan fingerprint density at radius 2 is 0.790 bits per heavy atom. The lowest BCUT2D eigenvalue weighted by molar-refractivity contribution is -0.146. The van der Waals surface area contributed by atoms with E-state index in [9.17, 15) is 127 Å². The molecule has 7 atom stereocenters. The van der Waals surface area contributed by atoms with Gasteiger partial charge in [-0.2, -0.15) is 0 Å². The van der Waals surface area contributed by atoms with Gasteiger partial charge in [-0.15, -0.1) is 0 Å². The van der Waals surface area contributed by atoms with Crippen molar-refractivity contribution >= 4 is 118 Å². The maximum Gasteiger partial charge on any atom is 0.326 e. The molecular formula is C78H110N14O27. The molecule has 7 unspecified atom stereocenters. The predicted molar refractivity (Wildman–Crippen MR) is 420 cm³/mol. The van der Waals surface area contributed by atoms with Gasteiger partial charge in [0, 0.05) is 97.2 Å². The quantitative estimate of drug-likeness (QED) is 0.0289. The van der Waals surface area contributed by atoms with E-state index in [1.165, 1.54) is 0 Å². The maximum absolute atomic E-state index is 14.3. The fourth-order valence-corrected chi connectivity index (χ4v) is 13.5. The Labute approximate surface area is 684 Å². The highest BCUT2D eigenvalue weighted by atomic mass is 16.4. The van der Waals surface area contributed by atoms with Gasteiger partial charge in [-0.05, 0) is 118 Å². The number of benzene rings is 3. The largest absolute Gasteiger partial charge is 0.481 e. The van der Waals surface area contributed by atoms with E-state index in [2.05, 4.69) is 42.5 Å². The molecule has 1 saturated heterocycles. The summed E-state index contributed by atoms with van der Waals surface area (Å²) < 4.78 is 0. The lowest BCUT2D eigenvalue weighted by Gasteiger charge is -2.32. The SMILES string of the molecule is Cc1ccc(CCCC(=O)NC(CC(=O)NC(CC(=O)NC(CC(=O)NC(CCCCNC(=O)CN2CCN(CC(=O)O)CCN(CC(=O)O)CCN(CC(=O)O)CC2)C(=O)NCC2CCC(C(=O)NC(Cc3ccc4ccccc4c3)C(=O)NCCCCC(NC(=O)NC(CCC(=O)O)C(=O)O)C(=O)O)CC2)C(=O)O)C(=O)O)C(=O)O)cc1. The van der Waals surface area contributed by atoms with Gasteiger partial charge in [0.1, 0.15) is 42.3 Å². The summed E-state index contributed by atoms with van der Waals surface area (Å²) in [6.07, 6.45) is -1.73. The van der Waals surface area contributed by atoms with Crippen LogP contribution in [0.1, 0.15) is 126 Å². The number of hydrogen-bond acceptors (Lipinski definition) is 22. The number of amides is 10. The van der Waals surface area contributed by atoms with Crippen LogP contribution >= 0.6 is 0 Å². The number of unbranched alkanes of at least 4 members (excludes halogenated alkanes) is 2. The number of rotatable bonds is 50. The van der Waals surface area contributed by atoms with Gasteiger partial charge in [0.25, 0.3) is 0 Å². The second kappa shape index (κ2) is 51.3. The normalized spacial score (nSPS) is 16.8. The van der Waals surface area contributed by atoms with E-state index in [0.717, 1.165) is 21.9 Å². The van der Waals surface area contributed by atoms with E-state index in [0.29, 0.717) is 44.1 Å². The molecule has 1 saturated carbocycles. The molecule has 0 bridgehead atoms. The van der Waals surface area contributed by atoms with Gasteiger partial charge in [-0.3, -0.25) is 77.1 Å². The number of nitrogens with one attached hydrogen (secondary N) is 10. The summed E-state index contributed by atoms with van der Waals surface area (Å²) in [5.41, 5.74) is 2.65. The maximum atomic E-state index is 14.3. The zero-order chi connectivity index (χ0) is 87.7. The summed E-state index contributed by atoms with van der Waals surface area (Å²) in [5.74, 6) is -20.3. The van der Waals surface area contributed by atoms with E-state index < -0.39 is 200 Å². The number of nitrogens with zero attached hydrogens (tertiary/aromatic N) is 4. The summed E-state index contributed by atoms with van der Waals surface area (Å²) in [6.45, 7) is 1.71. The Balaban J connectivity index is 1.23. The monoisotopic (exact) mass is 1670 g/mol. The Kier molecular flexibility index (Phi) is 42.0. The molecule has 3 aromatic rings. The summed E-state index contributed by atoms with van der Waals surface area (Å²) in [7, 11) is 0. The van der Waals surface area contributed by atoms with E-state index in [4.69, 9.17) is 5.11 Å². The molecule has 2 fully saturated rings. The molecule has 654 valence electrons. The smallest absolute Gasteiger partial charge is 0.326 e. The van der Waals surface area contributed by atoms with E-state index in [1.807, 2.05) is 84.3 Å². The second-order valence-electron chi connectivity index (χ2n) is 29.6. The minimum Gasteiger partial charge on any atom is -0.481 e. The summed E-state index contributed by atoms with van der Waals surface area (Å²) >= 11 is 0. The van der Waals surface area contributed by atoms with Gasteiger partial charge in [0.2, 0.25) is 47.3 Å². The van der Waals surface area contributed by atoms with E-state index in [1.54, 1.807) is 19.6 Å². The first-order chi connectivity index (χ1) is 56.5. The van der Waals surface area contributed by atoms with Crippen LogP contribution in [0.25, 0.3) is 10.8 Å². The highest BCUT2D eigenvalue weighted by Gasteiger charge is 2.35. The highest BCUT2D eigenvalue weighted by Crippen LogP contribution is 2.29. The standard InChI is InChI=1S/C78H110N14O27/c1-47-15-17-48(18-16-47)9-8-14-61(93)83-58(75(113)114)39-63(95)85-60(77(117)118)41-64(96)84-59(76(115)116)40-62(94)82-54(12-4-6-27-79-65(97)43-89-29-31-90(44-67(100)101)33-35-92(46-69(104)105)36-34-91(32-30-89)45-68(102)103)71(107)81-42-49-19-23-52(24-20-49)70(106)86-57(38-50-21-22-51-10-2-3-11-53(51)37-50)72(108)80-28-7-5-13-55(73(109)110)87-78(119)88-56(74(111)112)25-26-66(98)99/h2-3,10-11,15-18,21-22,37,49,52,54-60H,4-9,12-14,19-20,23-36,38-46H2,1H3,(H,79,97)(H,80,108)(H,81,107)(H,82,94)(H,83,93)(H,84,96)(H,85,95)(H,86,106)(H,98,99)(H,100,101)(H,102,103)(H,104,105)(H,109,110)(H,111,112)(H,113,114)(H,115,116)(H,117,118)(H2,87,88,119). The van der Waals surface area contributed by atoms with Crippen molar-refractivity contribution in [2.24, 2.45) is 11.8 Å². The van der Waals surface area contributed by atoms with E-state index >= 15 is 0 Å². The minimum absolute atomic E-state index is 0.00415. The number of hydrogen-bond donors (Lipinski definition) is 19. The molecule has 119 heavy (non-hydrogen) atoms. The van der Waals surface area contributed by atoms with Crippen molar-refractivity contribution in [3.8, 4) is 0 Å². The molecule has 19 N–H and O–H groups in total. The van der Waals surface area contributed by atoms with Crippen LogP contribution in [0.3, 0.4) is 0 Å². The van der Waals surface area contributed by atoms with Crippen LogP contribution in [0.4, 0.5) is 4.79 Å². The Hall–Kier alpha value is -12.0. The molecule has 1 aliphatic heterocycles. The Morgan fingerprint density at radius 3 is 1.26 bits per heavy atom. The third-order valence-electron chi connectivity index (χ3n) is 20.1. The van der Waals surface area contributed by atoms with E-state index in [-0.39, 0.29) is 142 Å². The topological polar surface area (TPSA) is 623 Å². The zero-order valence-electron chi connectivity index (χ0n) is 66.3. The molecular weight excluding hydrogens is 1560 g/mol. The molecule has 41 nitrogen and oxygen atoms in total. The molecule has 1 aliphatic carbocycles. The van der Waals surface area contributed by atoms with Gasteiger partial charge in [0.15, 0.2) is 0 Å².